The predicted octanol–water partition coefficient (Wildman–Crippen LogP) is 1.02. The zero-order valence-electron chi connectivity index (χ0n) is 10.3. The van der Waals surface area contributed by atoms with Gasteiger partial charge in [-0.05, 0) is 26.0 Å². The maximum atomic E-state index is 11.8. The van der Waals surface area contributed by atoms with E-state index < -0.39 is 22.1 Å². The number of hydroxylamine groups is 2. The number of aryl methyl sites for hydroxylation is 1. The van der Waals surface area contributed by atoms with Crippen molar-refractivity contribution in [2.75, 3.05) is 7.05 Å². The summed E-state index contributed by atoms with van der Waals surface area (Å²) in [7, 11) is -2.74. The van der Waals surface area contributed by atoms with Gasteiger partial charge in [0.25, 0.3) is 0 Å². The average molecular weight is 273 g/mol. The number of carboxylic acids is 1. The van der Waals surface area contributed by atoms with Crippen LogP contribution in [0.15, 0.2) is 29.2 Å². The molecule has 1 N–H and O–H groups in total. The van der Waals surface area contributed by atoms with Crippen LogP contribution < -0.4 is 0 Å². The van der Waals surface area contributed by atoms with Crippen LogP contribution in [0.3, 0.4) is 0 Å². The SMILES string of the molecule is Cc1ccc(S(=O)(=O)ON(C)C(C)C(=O)O)cc1. The van der Waals surface area contributed by atoms with Crippen molar-refractivity contribution in [3.8, 4) is 0 Å². The second kappa shape index (κ2) is 5.47. The third kappa shape index (κ3) is 3.52. The van der Waals surface area contributed by atoms with E-state index in [1.54, 1.807) is 12.1 Å². The third-order valence-electron chi connectivity index (χ3n) is 2.43. The van der Waals surface area contributed by atoms with Gasteiger partial charge in [-0.15, -0.1) is 0 Å². The maximum Gasteiger partial charge on any atom is 0.323 e. The lowest BCUT2D eigenvalue weighted by atomic mass is 10.2. The van der Waals surface area contributed by atoms with Crippen LogP contribution in [-0.2, 0) is 19.2 Å². The molecule has 0 aromatic heterocycles. The van der Waals surface area contributed by atoms with E-state index in [-0.39, 0.29) is 4.90 Å². The smallest absolute Gasteiger partial charge is 0.323 e. The van der Waals surface area contributed by atoms with E-state index in [4.69, 9.17) is 9.39 Å². The van der Waals surface area contributed by atoms with Crippen LogP contribution in [-0.4, -0.2) is 37.6 Å². The Morgan fingerprint density at radius 3 is 2.28 bits per heavy atom. The molecule has 0 bridgehead atoms. The molecule has 6 nitrogen and oxygen atoms in total. The first-order chi connectivity index (χ1) is 8.24. The predicted molar refractivity (Wildman–Crippen MR) is 64.3 cm³/mol. The normalized spacial score (nSPS) is 13.6. The molecule has 1 aromatic carbocycles. The Bertz CT molecular complexity index is 523. The van der Waals surface area contributed by atoms with E-state index in [0.717, 1.165) is 10.6 Å². The van der Waals surface area contributed by atoms with Crippen molar-refractivity contribution in [2.24, 2.45) is 0 Å². The first-order valence-electron chi connectivity index (χ1n) is 5.21. The zero-order chi connectivity index (χ0) is 13.9. The Hall–Kier alpha value is -1.44. The Kier molecular flexibility index (Phi) is 4.44. The van der Waals surface area contributed by atoms with Gasteiger partial charge in [0.2, 0.25) is 0 Å². The minimum absolute atomic E-state index is 0.0162. The number of nitrogens with zero attached hydrogens (tertiary/aromatic N) is 1. The molecule has 0 saturated heterocycles. The van der Waals surface area contributed by atoms with E-state index in [9.17, 15) is 13.2 Å². The van der Waals surface area contributed by atoms with Crippen molar-refractivity contribution in [2.45, 2.75) is 24.8 Å². The fourth-order valence-electron chi connectivity index (χ4n) is 1.12. The van der Waals surface area contributed by atoms with Crippen LogP contribution in [0.25, 0.3) is 0 Å². The number of hydrogen-bond acceptors (Lipinski definition) is 5. The minimum atomic E-state index is -3.99. The molecule has 1 aromatic rings. The minimum Gasteiger partial charge on any atom is -0.480 e. The largest absolute Gasteiger partial charge is 0.480 e. The van der Waals surface area contributed by atoms with E-state index in [1.807, 2.05) is 6.92 Å². The summed E-state index contributed by atoms with van der Waals surface area (Å²) in [6.07, 6.45) is 0. The maximum absolute atomic E-state index is 11.8. The van der Waals surface area contributed by atoms with Gasteiger partial charge in [0.05, 0.1) is 4.90 Å². The first kappa shape index (κ1) is 14.6. The van der Waals surface area contributed by atoms with Gasteiger partial charge in [-0.2, -0.15) is 17.8 Å². The quantitative estimate of drug-likeness (QED) is 0.806. The number of likely N-dealkylation sites (N-methyl/N-ethyl adjacent to an activating group) is 1. The standard InChI is InChI=1S/C11H15NO5S/c1-8-4-6-10(7-5-8)18(15,16)17-12(3)9(2)11(13)14/h4-7,9H,1-3H3,(H,13,14). The highest BCUT2D eigenvalue weighted by molar-refractivity contribution is 7.86. The molecule has 0 saturated carbocycles. The topological polar surface area (TPSA) is 83.9 Å². The Morgan fingerprint density at radius 1 is 1.33 bits per heavy atom. The van der Waals surface area contributed by atoms with Crippen molar-refractivity contribution in [3.63, 3.8) is 0 Å². The van der Waals surface area contributed by atoms with Crippen molar-refractivity contribution in [1.29, 1.82) is 0 Å². The molecular formula is C11H15NO5S. The van der Waals surface area contributed by atoms with Crippen molar-refractivity contribution < 1.29 is 22.6 Å². The van der Waals surface area contributed by atoms with Gasteiger partial charge in [-0.1, -0.05) is 17.7 Å². The molecule has 7 heteroatoms. The lowest BCUT2D eigenvalue weighted by Gasteiger charge is -2.19. The van der Waals surface area contributed by atoms with Gasteiger partial charge < -0.3 is 5.11 Å². The Morgan fingerprint density at radius 2 is 1.83 bits per heavy atom. The summed E-state index contributed by atoms with van der Waals surface area (Å²) < 4.78 is 28.4. The molecule has 1 atom stereocenters. The highest BCUT2D eigenvalue weighted by Crippen LogP contribution is 2.15. The van der Waals surface area contributed by atoms with E-state index in [0.29, 0.717) is 0 Å². The van der Waals surface area contributed by atoms with Gasteiger partial charge in [0, 0.05) is 7.05 Å². The van der Waals surface area contributed by atoms with Crippen molar-refractivity contribution >= 4 is 16.1 Å². The number of carbonyl (C=O) groups is 1. The number of benzene rings is 1. The van der Waals surface area contributed by atoms with Gasteiger partial charge in [0.1, 0.15) is 6.04 Å². The van der Waals surface area contributed by atoms with Gasteiger partial charge in [0.15, 0.2) is 0 Å². The molecule has 0 spiro atoms. The summed E-state index contributed by atoms with van der Waals surface area (Å²) in [6, 6.07) is 5.02. The molecule has 0 aliphatic heterocycles. The van der Waals surface area contributed by atoms with Crippen molar-refractivity contribution in [1.82, 2.24) is 5.06 Å². The molecule has 18 heavy (non-hydrogen) atoms. The van der Waals surface area contributed by atoms with E-state index in [2.05, 4.69) is 0 Å². The second-order valence-electron chi connectivity index (χ2n) is 3.90. The number of carboxylic acid groups (broad SMARTS) is 1. The zero-order valence-corrected chi connectivity index (χ0v) is 11.1. The molecule has 0 heterocycles. The van der Waals surface area contributed by atoms with Crippen LogP contribution in [0, 0.1) is 6.92 Å². The molecule has 0 fully saturated rings. The molecule has 0 amide bonds. The molecule has 100 valence electrons. The fourth-order valence-corrected chi connectivity index (χ4v) is 2.12. The van der Waals surface area contributed by atoms with E-state index in [1.165, 1.54) is 26.1 Å². The van der Waals surface area contributed by atoms with Crippen LogP contribution >= 0.6 is 0 Å². The first-order valence-corrected chi connectivity index (χ1v) is 6.62. The van der Waals surface area contributed by atoms with Crippen LogP contribution in [0.4, 0.5) is 0 Å². The van der Waals surface area contributed by atoms with Gasteiger partial charge in [-0.25, -0.2) is 0 Å². The number of aliphatic carboxylic acids is 1. The van der Waals surface area contributed by atoms with Crippen LogP contribution in [0.1, 0.15) is 12.5 Å². The lowest BCUT2D eigenvalue weighted by Crippen LogP contribution is -2.37. The van der Waals surface area contributed by atoms with Gasteiger partial charge in [-0.3, -0.25) is 4.79 Å². The summed E-state index contributed by atoms with van der Waals surface area (Å²) in [4.78, 5) is 10.7. The third-order valence-corrected chi connectivity index (χ3v) is 3.71. The summed E-state index contributed by atoms with van der Waals surface area (Å²) in [6.45, 7) is 3.16. The second-order valence-corrected chi connectivity index (χ2v) is 5.43. The van der Waals surface area contributed by atoms with E-state index >= 15 is 0 Å². The van der Waals surface area contributed by atoms with Gasteiger partial charge >= 0.3 is 16.1 Å². The summed E-state index contributed by atoms with van der Waals surface area (Å²) in [5, 5.41) is 9.53. The Balaban J connectivity index is 2.89. The average Bonchev–Trinajstić information content (AvgIpc) is 2.27. The summed E-state index contributed by atoms with van der Waals surface area (Å²) in [5.74, 6) is -1.17. The fraction of sp³-hybridized carbons (Fsp3) is 0.364. The number of rotatable bonds is 5. The summed E-state index contributed by atoms with van der Waals surface area (Å²) in [5.41, 5.74) is 0.918. The Labute approximate surface area is 106 Å². The highest BCUT2D eigenvalue weighted by Gasteiger charge is 2.24. The van der Waals surface area contributed by atoms with Crippen molar-refractivity contribution in [3.05, 3.63) is 29.8 Å². The molecule has 1 unspecified atom stereocenters. The monoisotopic (exact) mass is 273 g/mol. The molecule has 0 radical (unpaired) electrons. The summed E-state index contributed by atoms with van der Waals surface area (Å²) >= 11 is 0. The number of hydrogen-bond donors (Lipinski definition) is 1. The molecular weight excluding hydrogens is 258 g/mol. The highest BCUT2D eigenvalue weighted by atomic mass is 32.2. The molecule has 0 aliphatic rings. The molecule has 0 aliphatic carbocycles. The van der Waals surface area contributed by atoms with Crippen LogP contribution in [0.2, 0.25) is 0 Å². The lowest BCUT2D eigenvalue weighted by molar-refractivity contribution is -0.153. The molecule has 1 rings (SSSR count). The van der Waals surface area contributed by atoms with Crippen LogP contribution in [0.5, 0.6) is 0 Å².